The maximum absolute atomic E-state index is 12.2. The van der Waals surface area contributed by atoms with Gasteiger partial charge in [0.25, 0.3) is 0 Å². The van der Waals surface area contributed by atoms with Crippen molar-refractivity contribution in [2.24, 2.45) is 5.92 Å². The number of nitrogens with zero attached hydrogens (tertiary/aromatic N) is 1. The van der Waals surface area contributed by atoms with Gasteiger partial charge in [0, 0.05) is 25.2 Å². The molecule has 1 aromatic rings. The van der Waals surface area contributed by atoms with Crippen LogP contribution in [0, 0.1) is 5.92 Å². The van der Waals surface area contributed by atoms with Gasteiger partial charge in [0.2, 0.25) is 0 Å². The number of amides is 2. The summed E-state index contributed by atoms with van der Waals surface area (Å²) >= 11 is 0. The van der Waals surface area contributed by atoms with E-state index in [0.717, 1.165) is 24.6 Å². The molecule has 0 radical (unpaired) electrons. The fraction of sp³-hybridized carbons (Fsp3) is 0.667. The lowest BCUT2D eigenvalue weighted by molar-refractivity contribution is 0.0665. The fourth-order valence-corrected chi connectivity index (χ4v) is 3.59. The second kappa shape index (κ2) is 9.83. The molecule has 2 rings (SSSR count). The molecule has 1 heterocycles. The van der Waals surface area contributed by atoms with Gasteiger partial charge >= 0.3 is 6.03 Å². The summed E-state index contributed by atoms with van der Waals surface area (Å²) in [6, 6.07) is 5.49. The molecule has 1 aliphatic rings. The normalized spacial score (nSPS) is 18.0. The predicted molar refractivity (Wildman–Crippen MR) is 108 cm³/mol. The van der Waals surface area contributed by atoms with Crippen molar-refractivity contribution in [1.29, 1.82) is 0 Å². The molecule has 0 bridgehead atoms. The van der Waals surface area contributed by atoms with Crippen LogP contribution in [0.1, 0.15) is 45.6 Å². The molecule has 0 aromatic heterocycles. The number of nitrogens with one attached hydrogen (secondary N) is 2. The Bertz CT molecular complexity index is 619. The van der Waals surface area contributed by atoms with Crippen LogP contribution < -0.4 is 20.1 Å². The molecule has 152 valence electrons. The molecule has 27 heavy (non-hydrogen) atoms. The molecule has 1 saturated heterocycles. The van der Waals surface area contributed by atoms with E-state index in [0.29, 0.717) is 24.6 Å². The van der Waals surface area contributed by atoms with E-state index in [9.17, 15) is 4.79 Å². The van der Waals surface area contributed by atoms with Crippen molar-refractivity contribution in [2.45, 2.75) is 52.1 Å². The summed E-state index contributed by atoms with van der Waals surface area (Å²) in [6.45, 7) is 9.98. The van der Waals surface area contributed by atoms with Crippen LogP contribution >= 0.6 is 0 Å². The van der Waals surface area contributed by atoms with Crippen molar-refractivity contribution in [3.8, 4) is 11.5 Å². The highest BCUT2D eigenvalue weighted by molar-refractivity contribution is 5.73. The third-order valence-electron chi connectivity index (χ3n) is 5.53. The summed E-state index contributed by atoms with van der Waals surface area (Å²) in [7, 11) is 3.21. The predicted octanol–water partition coefficient (Wildman–Crippen LogP) is 3.40. The van der Waals surface area contributed by atoms with Gasteiger partial charge in [0.05, 0.1) is 14.2 Å². The average Bonchev–Trinajstić information content (AvgIpc) is 2.70. The minimum atomic E-state index is -0.151. The smallest absolute Gasteiger partial charge is 0.315 e. The molecule has 1 fully saturated rings. The Balaban J connectivity index is 1.81. The summed E-state index contributed by atoms with van der Waals surface area (Å²) in [4.78, 5) is 14.8. The first-order chi connectivity index (χ1) is 12.9. The van der Waals surface area contributed by atoms with E-state index in [1.54, 1.807) is 14.2 Å². The number of carbonyl (C=O) groups is 1. The monoisotopic (exact) mass is 377 g/mol. The Morgan fingerprint density at radius 3 is 2.63 bits per heavy atom. The van der Waals surface area contributed by atoms with Crippen LogP contribution in [0.2, 0.25) is 0 Å². The summed E-state index contributed by atoms with van der Waals surface area (Å²) in [5.74, 6) is 2.12. The van der Waals surface area contributed by atoms with Crippen LogP contribution in [0.25, 0.3) is 0 Å². The molecule has 0 saturated carbocycles. The molecule has 6 heteroatoms. The minimum Gasteiger partial charge on any atom is -0.493 e. The van der Waals surface area contributed by atoms with Gasteiger partial charge in [-0.05, 0) is 56.8 Å². The number of methoxy groups -OCH3 is 2. The molecule has 2 amide bonds. The molecule has 0 aliphatic carbocycles. The third-order valence-corrected chi connectivity index (χ3v) is 5.53. The summed E-state index contributed by atoms with van der Waals surface area (Å²) in [5.41, 5.74) is 0.915. The Hall–Kier alpha value is -1.95. The van der Waals surface area contributed by atoms with Crippen LogP contribution in [-0.2, 0) is 6.54 Å². The molecule has 0 spiro atoms. The quantitative estimate of drug-likeness (QED) is 0.729. The summed E-state index contributed by atoms with van der Waals surface area (Å²) in [5, 5.41) is 5.95. The highest BCUT2D eigenvalue weighted by Gasteiger charge is 2.31. The van der Waals surface area contributed by atoms with Gasteiger partial charge in [0.1, 0.15) is 0 Å². The van der Waals surface area contributed by atoms with Gasteiger partial charge in [-0.2, -0.15) is 0 Å². The van der Waals surface area contributed by atoms with Crippen molar-refractivity contribution in [3.63, 3.8) is 0 Å². The van der Waals surface area contributed by atoms with Crippen LogP contribution in [0.15, 0.2) is 18.2 Å². The van der Waals surface area contributed by atoms with Crippen molar-refractivity contribution >= 4 is 6.03 Å². The molecule has 1 atom stereocenters. The Kier molecular flexibility index (Phi) is 7.78. The van der Waals surface area contributed by atoms with Crippen LogP contribution in [0.5, 0.6) is 11.5 Å². The fourth-order valence-electron chi connectivity index (χ4n) is 3.59. The molecule has 6 nitrogen and oxygen atoms in total. The van der Waals surface area contributed by atoms with E-state index in [1.807, 2.05) is 18.2 Å². The van der Waals surface area contributed by atoms with E-state index < -0.39 is 0 Å². The lowest BCUT2D eigenvalue weighted by Gasteiger charge is -2.43. The Morgan fingerprint density at radius 2 is 1.96 bits per heavy atom. The SMILES string of the molecule is CCC1CCCN(C(C)(C)CNC(=O)NCc2ccc(OC)c(OC)c2)C1. The standard InChI is InChI=1S/C21H35N3O3/c1-6-16-8-7-11-24(14-16)21(2,3)15-23-20(25)22-13-17-9-10-18(26-4)19(12-17)27-5/h9-10,12,16H,6-8,11,13-15H2,1-5H3,(H2,22,23,25). The minimum absolute atomic E-state index is 0.0471. The van der Waals surface area contributed by atoms with Crippen molar-refractivity contribution in [3.05, 3.63) is 23.8 Å². The molecular weight excluding hydrogens is 342 g/mol. The number of rotatable bonds is 8. The zero-order valence-electron chi connectivity index (χ0n) is 17.4. The number of hydrogen-bond acceptors (Lipinski definition) is 4. The van der Waals surface area contributed by atoms with Gasteiger partial charge in [0.15, 0.2) is 11.5 Å². The van der Waals surface area contributed by atoms with E-state index in [-0.39, 0.29) is 11.6 Å². The summed E-state index contributed by atoms with van der Waals surface area (Å²) in [6.07, 6.45) is 3.79. The molecule has 1 unspecified atom stereocenters. The van der Waals surface area contributed by atoms with Gasteiger partial charge in [-0.1, -0.05) is 19.4 Å². The third kappa shape index (κ3) is 6.03. The Labute approximate surface area is 163 Å². The highest BCUT2D eigenvalue weighted by Crippen LogP contribution is 2.27. The van der Waals surface area contributed by atoms with Crippen LogP contribution in [0.4, 0.5) is 4.79 Å². The highest BCUT2D eigenvalue weighted by atomic mass is 16.5. The number of carbonyl (C=O) groups excluding carboxylic acids is 1. The second-order valence-corrected chi connectivity index (χ2v) is 7.90. The number of piperidine rings is 1. The Morgan fingerprint density at radius 1 is 1.22 bits per heavy atom. The lowest BCUT2D eigenvalue weighted by Crippen LogP contribution is -2.55. The van der Waals surface area contributed by atoms with Crippen molar-refractivity contribution in [2.75, 3.05) is 33.9 Å². The van der Waals surface area contributed by atoms with E-state index in [1.165, 1.54) is 19.3 Å². The van der Waals surface area contributed by atoms with Crippen molar-refractivity contribution in [1.82, 2.24) is 15.5 Å². The van der Waals surface area contributed by atoms with Crippen LogP contribution in [-0.4, -0.2) is 50.3 Å². The number of likely N-dealkylation sites (tertiary alicyclic amines) is 1. The maximum atomic E-state index is 12.2. The zero-order chi connectivity index (χ0) is 19.9. The number of benzene rings is 1. The first-order valence-corrected chi connectivity index (χ1v) is 9.87. The first kappa shape index (κ1) is 21.4. The van der Waals surface area contributed by atoms with Crippen LogP contribution in [0.3, 0.4) is 0 Å². The van der Waals surface area contributed by atoms with E-state index >= 15 is 0 Å². The summed E-state index contributed by atoms with van der Waals surface area (Å²) < 4.78 is 10.5. The topological polar surface area (TPSA) is 62.8 Å². The first-order valence-electron chi connectivity index (χ1n) is 9.87. The maximum Gasteiger partial charge on any atom is 0.315 e. The molecule has 2 N–H and O–H groups in total. The van der Waals surface area contributed by atoms with Crippen molar-refractivity contribution < 1.29 is 14.3 Å². The number of hydrogen-bond donors (Lipinski definition) is 2. The van der Waals surface area contributed by atoms with Gasteiger partial charge in [-0.15, -0.1) is 0 Å². The zero-order valence-corrected chi connectivity index (χ0v) is 17.4. The molecular formula is C21H35N3O3. The second-order valence-electron chi connectivity index (χ2n) is 7.90. The average molecular weight is 378 g/mol. The lowest BCUT2D eigenvalue weighted by atomic mass is 9.91. The largest absolute Gasteiger partial charge is 0.493 e. The van der Waals surface area contributed by atoms with E-state index in [2.05, 4.69) is 36.3 Å². The van der Waals surface area contributed by atoms with E-state index in [4.69, 9.17) is 9.47 Å². The van der Waals surface area contributed by atoms with Gasteiger partial charge < -0.3 is 20.1 Å². The number of ether oxygens (including phenoxy) is 2. The molecule has 1 aliphatic heterocycles. The van der Waals surface area contributed by atoms with Gasteiger partial charge in [-0.25, -0.2) is 4.79 Å². The molecule has 1 aromatic carbocycles. The number of urea groups is 1. The van der Waals surface area contributed by atoms with Gasteiger partial charge in [-0.3, -0.25) is 4.90 Å².